The quantitative estimate of drug-likeness (QED) is 0.308. The molecule has 1 amide bonds. The maximum absolute atomic E-state index is 12.2. The van der Waals surface area contributed by atoms with Gasteiger partial charge in [-0.15, -0.1) is 21.5 Å². The highest BCUT2D eigenvalue weighted by molar-refractivity contribution is 7.98. The summed E-state index contributed by atoms with van der Waals surface area (Å²) in [6.45, 7) is 1.80. The van der Waals surface area contributed by atoms with E-state index in [1.54, 1.807) is 11.0 Å². The molecule has 0 aliphatic carbocycles. The molecule has 0 radical (unpaired) electrons. The predicted octanol–water partition coefficient (Wildman–Crippen LogP) is 5.48. The Labute approximate surface area is 199 Å². The lowest BCUT2D eigenvalue weighted by Gasteiger charge is -2.17. The number of thioether (sulfide) groups is 1. The molecule has 0 unspecified atom stereocenters. The van der Waals surface area contributed by atoms with Crippen LogP contribution in [0.15, 0.2) is 65.1 Å². The predicted molar refractivity (Wildman–Crippen MR) is 128 cm³/mol. The van der Waals surface area contributed by atoms with E-state index < -0.39 is 0 Å². The number of amides is 1. The molecule has 0 saturated carbocycles. The number of hydrogen-bond acceptors (Lipinski definition) is 7. The number of hydrogen-bond donors (Lipinski definition) is 0. The molecule has 4 aromatic rings. The molecule has 0 bridgehead atoms. The summed E-state index contributed by atoms with van der Waals surface area (Å²) < 4.78 is 7.65. The van der Waals surface area contributed by atoms with Gasteiger partial charge in [-0.05, 0) is 24.3 Å². The Morgan fingerprint density at radius 1 is 1.16 bits per heavy atom. The first kappa shape index (κ1) is 22.3. The van der Waals surface area contributed by atoms with Crippen molar-refractivity contribution in [2.75, 3.05) is 4.90 Å². The Kier molecular flexibility index (Phi) is 7.09. The molecule has 0 atom stereocenters. The Bertz CT molecular complexity index is 1210. The molecule has 0 N–H and O–H groups in total. The average molecular weight is 486 g/mol. The van der Waals surface area contributed by atoms with E-state index >= 15 is 0 Å². The lowest BCUT2D eigenvalue weighted by atomic mass is 10.3. The summed E-state index contributed by atoms with van der Waals surface area (Å²) in [7, 11) is 1.90. The zero-order valence-corrected chi connectivity index (χ0v) is 19.8. The number of carbonyl (C=O) groups is 1. The van der Waals surface area contributed by atoms with Crippen molar-refractivity contribution < 1.29 is 9.53 Å². The molecular weight excluding hydrogens is 466 g/mol. The molecule has 2 heterocycles. The third-order valence-corrected chi connectivity index (χ3v) is 6.77. The van der Waals surface area contributed by atoms with E-state index in [1.165, 1.54) is 30.0 Å². The van der Waals surface area contributed by atoms with E-state index in [1.807, 2.05) is 65.5 Å². The van der Waals surface area contributed by atoms with E-state index in [0.717, 1.165) is 16.5 Å². The second-order valence-corrected chi connectivity index (χ2v) is 8.96. The summed E-state index contributed by atoms with van der Waals surface area (Å²) in [5, 5.41) is 12.4. The minimum absolute atomic E-state index is 0.0822. The van der Waals surface area contributed by atoms with Gasteiger partial charge < -0.3 is 9.30 Å². The number of nitrogens with zero attached hydrogens (tertiary/aromatic N) is 5. The third-order valence-electron chi connectivity index (χ3n) is 4.53. The van der Waals surface area contributed by atoms with Crippen molar-refractivity contribution in [3.8, 4) is 5.75 Å². The van der Waals surface area contributed by atoms with Crippen LogP contribution in [0.25, 0.3) is 0 Å². The molecule has 10 heteroatoms. The molecular formula is C22H20ClN5O2S2. The van der Waals surface area contributed by atoms with Crippen LogP contribution in [0.2, 0.25) is 5.02 Å². The summed E-state index contributed by atoms with van der Waals surface area (Å²) in [6.07, 6.45) is 0. The fourth-order valence-electron chi connectivity index (χ4n) is 2.91. The standard InChI is InChI=1S/C22H20ClN5O2S2/c1-15(29)28(17-8-4-3-5-9-17)21-24-16(13-31-21)14-32-22-26-25-20(27(22)2)12-30-19-11-7-6-10-18(19)23/h3-11,13H,12,14H2,1-2H3. The fourth-order valence-corrected chi connectivity index (χ4v) is 4.91. The van der Waals surface area contributed by atoms with Crippen LogP contribution in [0.5, 0.6) is 5.75 Å². The number of rotatable bonds is 8. The van der Waals surface area contributed by atoms with Crippen LogP contribution in [0.4, 0.5) is 10.8 Å². The second kappa shape index (κ2) is 10.2. The number of thiazole rings is 1. The fraction of sp³-hybridized carbons (Fsp3) is 0.182. The zero-order valence-electron chi connectivity index (χ0n) is 17.4. The molecule has 164 valence electrons. The number of carbonyl (C=O) groups excluding carboxylic acids is 1. The largest absolute Gasteiger partial charge is 0.484 e. The lowest BCUT2D eigenvalue weighted by Crippen LogP contribution is -2.22. The van der Waals surface area contributed by atoms with Gasteiger partial charge in [0.15, 0.2) is 16.1 Å². The summed E-state index contributed by atoms with van der Waals surface area (Å²) in [5.41, 5.74) is 1.67. The SMILES string of the molecule is CC(=O)N(c1ccccc1)c1nc(CSc2nnc(COc3ccccc3Cl)n2C)cs1. The zero-order chi connectivity index (χ0) is 22.5. The molecule has 0 fully saturated rings. The molecule has 2 aromatic carbocycles. The van der Waals surface area contributed by atoms with Crippen LogP contribution in [-0.2, 0) is 24.2 Å². The molecule has 0 aliphatic heterocycles. The van der Waals surface area contributed by atoms with Crippen LogP contribution >= 0.6 is 34.7 Å². The number of anilines is 2. The first-order valence-electron chi connectivity index (χ1n) is 9.71. The smallest absolute Gasteiger partial charge is 0.230 e. The lowest BCUT2D eigenvalue weighted by molar-refractivity contribution is -0.115. The molecule has 32 heavy (non-hydrogen) atoms. The van der Waals surface area contributed by atoms with Crippen LogP contribution in [0.1, 0.15) is 18.4 Å². The number of aromatic nitrogens is 4. The molecule has 7 nitrogen and oxygen atoms in total. The van der Waals surface area contributed by atoms with E-state index in [2.05, 4.69) is 15.2 Å². The highest BCUT2D eigenvalue weighted by Crippen LogP contribution is 2.31. The van der Waals surface area contributed by atoms with Crippen LogP contribution < -0.4 is 9.64 Å². The summed E-state index contributed by atoms with van der Waals surface area (Å²) in [4.78, 5) is 18.5. The number of halogens is 1. The molecule has 4 rings (SSSR count). The Morgan fingerprint density at radius 2 is 1.91 bits per heavy atom. The molecule has 0 aliphatic rings. The van der Waals surface area contributed by atoms with E-state index in [9.17, 15) is 4.79 Å². The Hall–Kier alpha value is -2.88. The molecule has 0 spiro atoms. The van der Waals surface area contributed by atoms with Gasteiger partial charge in [-0.25, -0.2) is 4.98 Å². The van der Waals surface area contributed by atoms with Gasteiger partial charge in [-0.1, -0.05) is 53.7 Å². The highest BCUT2D eigenvalue weighted by Gasteiger charge is 2.18. The first-order valence-corrected chi connectivity index (χ1v) is 12.0. The maximum Gasteiger partial charge on any atom is 0.230 e. The van der Waals surface area contributed by atoms with Crippen LogP contribution in [-0.4, -0.2) is 25.7 Å². The van der Waals surface area contributed by atoms with Gasteiger partial charge in [-0.2, -0.15) is 0 Å². The first-order chi connectivity index (χ1) is 15.5. The molecule has 2 aromatic heterocycles. The average Bonchev–Trinajstić information content (AvgIpc) is 3.39. The van der Waals surface area contributed by atoms with E-state index in [0.29, 0.717) is 27.5 Å². The van der Waals surface area contributed by atoms with Gasteiger partial charge in [0.2, 0.25) is 5.91 Å². The summed E-state index contributed by atoms with van der Waals surface area (Å²) in [6, 6.07) is 16.8. The number of para-hydroxylation sites is 2. The van der Waals surface area contributed by atoms with Gasteiger partial charge in [0.25, 0.3) is 0 Å². The van der Waals surface area contributed by atoms with Gasteiger partial charge >= 0.3 is 0 Å². The van der Waals surface area contributed by atoms with Crippen molar-refractivity contribution in [2.45, 2.75) is 24.4 Å². The third kappa shape index (κ3) is 5.12. The van der Waals surface area contributed by atoms with Crippen molar-refractivity contribution in [1.29, 1.82) is 0 Å². The highest BCUT2D eigenvalue weighted by atomic mass is 35.5. The van der Waals surface area contributed by atoms with Crippen molar-refractivity contribution in [2.24, 2.45) is 7.05 Å². The normalized spacial score (nSPS) is 10.8. The van der Waals surface area contributed by atoms with Gasteiger partial charge in [0.1, 0.15) is 12.4 Å². The number of benzene rings is 2. The van der Waals surface area contributed by atoms with Gasteiger partial charge in [0.05, 0.1) is 16.4 Å². The van der Waals surface area contributed by atoms with Gasteiger partial charge in [-0.3, -0.25) is 9.69 Å². The summed E-state index contributed by atoms with van der Waals surface area (Å²) >= 11 is 9.09. The van der Waals surface area contributed by atoms with Crippen molar-refractivity contribution in [1.82, 2.24) is 19.7 Å². The van der Waals surface area contributed by atoms with Crippen LogP contribution in [0, 0.1) is 0 Å². The minimum atomic E-state index is -0.0822. The topological polar surface area (TPSA) is 73.1 Å². The Morgan fingerprint density at radius 3 is 2.66 bits per heavy atom. The number of ether oxygens (including phenoxy) is 1. The van der Waals surface area contributed by atoms with Crippen LogP contribution in [0.3, 0.4) is 0 Å². The minimum Gasteiger partial charge on any atom is -0.484 e. The van der Waals surface area contributed by atoms with Crippen molar-refractivity contribution >= 4 is 51.4 Å². The van der Waals surface area contributed by atoms with Crippen molar-refractivity contribution in [3.63, 3.8) is 0 Å². The Balaban J connectivity index is 1.40. The second-order valence-electron chi connectivity index (χ2n) is 6.78. The van der Waals surface area contributed by atoms with E-state index in [4.69, 9.17) is 16.3 Å². The van der Waals surface area contributed by atoms with E-state index in [-0.39, 0.29) is 12.5 Å². The molecule has 0 saturated heterocycles. The maximum atomic E-state index is 12.2. The van der Waals surface area contributed by atoms with Crippen molar-refractivity contribution in [3.05, 3.63) is 76.5 Å². The summed E-state index contributed by atoms with van der Waals surface area (Å²) in [5.74, 6) is 1.82. The monoisotopic (exact) mass is 485 g/mol. The van der Waals surface area contributed by atoms with Gasteiger partial charge in [0, 0.05) is 25.1 Å².